The van der Waals surface area contributed by atoms with Crippen LogP contribution >= 0.6 is 11.3 Å². The average Bonchev–Trinajstić information content (AvgIpc) is 3.39. The van der Waals surface area contributed by atoms with Gasteiger partial charge in [-0.2, -0.15) is 0 Å². The van der Waals surface area contributed by atoms with E-state index in [4.69, 9.17) is 0 Å². The number of hydrogen-bond donors (Lipinski definition) is 1. The van der Waals surface area contributed by atoms with Crippen molar-refractivity contribution in [3.8, 4) is 11.8 Å². The van der Waals surface area contributed by atoms with Gasteiger partial charge < -0.3 is 0 Å². The van der Waals surface area contributed by atoms with Crippen LogP contribution in [0.5, 0.6) is 0 Å². The van der Waals surface area contributed by atoms with Crippen molar-refractivity contribution in [2.45, 2.75) is 6.04 Å². The number of amides is 1. The highest BCUT2D eigenvalue weighted by Crippen LogP contribution is 2.21. The molecule has 5 aromatic rings. The molecule has 0 aliphatic rings. The molecule has 0 aliphatic carbocycles. The lowest BCUT2D eigenvalue weighted by molar-refractivity contribution is -0.118. The molecule has 3 heterocycles. The largest absolute Gasteiger partial charge is 0.300 e. The summed E-state index contributed by atoms with van der Waals surface area (Å²) in [5.74, 6) is 5.72. The SMILES string of the molecule is O=C(Nc1nccs1)C(c1ccccc1)n1cnc2ccc(C#Cc3cccnc3)cc2c1=O. The minimum Gasteiger partial charge on any atom is -0.300 e. The molecule has 0 spiro atoms. The first-order valence-corrected chi connectivity index (χ1v) is 11.3. The fourth-order valence-corrected chi connectivity index (χ4v) is 4.04. The Morgan fingerprint density at radius 1 is 0.971 bits per heavy atom. The maximum Gasteiger partial charge on any atom is 0.262 e. The average molecular weight is 464 g/mol. The monoisotopic (exact) mass is 463 g/mol. The third-order valence-electron chi connectivity index (χ3n) is 5.10. The standard InChI is InChI=1S/C26H17N5O2S/c32-24(30-26-28-13-14-34-26)23(20-6-2-1-3-7-20)31-17-29-22-11-10-18(15-21(22)25(31)33)8-9-19-5-4-12-27-16-19/h1-7,10-17,23H,(H,28,30,32). The zero-order chi connectivity index (χ0) is 23.3. The molecule has 5 rings (SSSR count). The van der Waals surface area contributed by atoms with E-state index < -0.39 is 6.04 Å². The molecule has 0 radical (unpaired) electrons. The van der Waals surface area contributed by atoms with Crippen LogP contribution in [-0.2, 0) is 4.79 Å². The third kappa shape index (κ3) is 4.46. The van der Waals surface area contributed by atoms with Crippen molar-refractivity contribution in [1.29, 1.82) is 0 Å². The molecule has 3 aromatic heterocycles. The molecule has 1 amide bonds. The van der Waals surface area contributed by atoms with E-state index in [1.807, 2.05) is 36.4 Å². The second kappa shape index (κ2) is 9.48. The molecule has 164 valence electrons. The molecule has 34 heavy (non-hydrogen) atoms. The van der Waals surface area contributed by atoms with Crippen molar-refractivity contribution in [3.05, 3.63) is 118 Å². The molecule has 0 saturated heterocycles. The molecular weight excluding hydrogens is 446 g/mol. The Morgan fingerprint density at radius 3 is 2.59 bits per heavy atom. The van der Waals surface area contributed by atoms with Crippen molar-refractivity contribution in [1.82, 2.24) is 19.5 Å². The first kappa shape index (κ1) is 21.2. The first-order chi connectivity index (χ1) is 16.7. The normalized spacial score (nSPS) is 11.4. The number of carbonyl (C=O) groups excluding carboxylic acids is 1. The fraction of sp³-hybridized carbons (Fsp3) is 0.0385. The van der Waals surface area contributed by atoms with Crippen LogP contribution in [-0.4, -0.2) is 25.4 Å². The zero-order valence-corrected chi connectivity index (χ0v) is 18.6. The lowest BCUT2D eigenvalue weighted by Gasteiger charge is -2.19. The van der Waals surface area contributed by atoms with Crippen molar-refractivity contribution >= 4 is 33.3 Å². The predicted octanol–water partition coefficient (Wildman–Crippen LogP) is 3.88. The summed E-state index contributed by atoms with van der Waals surface area (Å²) < 4.78 is 1.35. The van der Waals surface area contributed by atoms with E-state index in [1.165, 1.54) is 22.2 Å². The summed E-state index contributed by atoms with van der Waals surface area (Å²) in [5.41, 5.74) is 2.29. The maximum absolute atomic E-state index is 13.5. The lowest BCUT2D eigenvalue weighted by Crippen LogP contribution is -2.34. The highest BCUT2D eigenvalue weighted by atomic mass is 32.1. The van der Waals surface area contributed by atoms with E-state index in [2.05, 4.69) is 32.1 Å². The van der Waals surface area contributed by atoms with E-state index in [0.717, 1.165) is 5.56 Å². The van der Waals surface area contributed by atoms with Gasteiger partial charge in [-0.05, 0) is 35.9 Å². The van der Waals surface area contributed by atoms with Gasteiger partial charge in [-0.25, -0.2) is 9.97 Å². The highest BCUT2D eigenvalue weighted by molar-refractivity contribution is 7.13. The van der Waals surface area contributed by atoms with Crippen molar-refractivity contribution < 1.29 is 4.79 Å². The van der Waals surface area contributed by atoms with Gasteiger partial charge in [-0.1, -0.05) is 42.2 Å². The van der Waals surface area contributed by atoms with Crippen LogP contribution in [0.25, 0.3) is 10.9 Å². The van der Waals surface area contributed by atoms with Crippen LogP contribution in [0.15, 0.2) is 95.8 Å². The Kier molecular flexibility index (Phi) is 5.93. The number of rotatable bonds is 4. The van der Waals surface area contributed by atoms with Gasteiger partial charge >= 0.3 is 0 Å². The maximum atomic E-state index is 13.5. The smallest absolute Gasteiger partial charge is 0.262 e. The molecule has 7 nitrogen and oxygen atoms in total. The molecule has 0 bridgehead atoms. The van der Waals surface area contributed by atoms with E-state index >= 15 is 0 Å². The van der Waals surface area contributed by atoms with Gasteiger partial charge in [0.1, 0.15) is 6.04 Å². The lowest BCUT2D eigenvalue weighted by atomic mass is 10.1. The summed E-state index contributed by atoms with van der Waals surface area (Å²) in [6.45, 7) is 0. The second-order valence-electron chi connectivity index (χ2n) is 7.32. The number of benzene rings is 2. The van der Waals surface area contributed by atoms with Gasteiger partial charge in [-0.15, -0.1) is 11.3 Å². The quantitative estimate of drug-likeness (QED) is 0.409. The highest BCUT2D eigenvalue weighted by Gasteiger charge is 2.25. The number of anilines is 1. The summed E-state index contributed by atoms with van der Waals surface area (Å²) in [4.78, 5) is 39.4. The zero-order valence-electron chi connectivity index (χ0n) is 17.8. The molecule has 0 fully saturated rings. The van der Waals surface area contributed by atoms with E-state index in [0.29, 0.717) is 27.2 Å². The van der Waals surface area contributed by atoms with E-state index in [9.17, 15) is 9.59 Å². The molecular formula is C26H17N5O2S. The topological polar surface area (TPSA) is 89.8 Å². The van der Waals surface area contributed by atoms with Crippen molar-refractivity contribution in [2.24, 2.45) is 0 Å². The van der Waals surface area contributed by atoms with Gasteiger partial charge in [0.05, 0.1) is 17.2 Å². The Morgan fingerprint density at radius 2 is 1.82 bits per heavy atom. The molecule has 0 aliphatic heterocycles. The van der Waals surface area contributed by atoms with Gasteiger partial charge in [0.2, 0.25) is 0 Å². The molecule has 1 unspecified atom stereocenters. The van der Waals surface area contributed by atoms with E-state index in [-0.39, 0.29) is 11.5 Å². The van der Waals surface area contributed by atoms with Gasteiger partial charge in [0.15, 0.2) is 5.13 Å². The predicted molar refractivity (Wildman–Crippen MR) is 132 cm³/mol. The van der Waals surface area contributed by atoms with Crippen LogP contribution in [0.4, 0.5) is 5.13 Å². The summed E-state index contributed by atoms with van der Waals surface area (Å²) in [6, 6.07) is 17.1. The van der Waals surface area contributed by atoms with Crippen LogP contribution in [0.1, 0.15) is 22.7 Å². The minimum absolute atomic E-state index is 0.335. The molecule has 8 heteroatoms. The first-order valence-electron chi connectivity index (χ1n) is 10.4. The van der Waals surface area contributed by atoms with Crippen LogP contribution in [0.3, 0.4) is 0 Å². The molecule has 1 N–H and O–H groups in total. The fourth-order valence-electron chi connectivity index (χ4n) is 3.51. The molecule has 1 atom stereocenters. The summed E-state index contributed by atoms with van der Waals surface area (Å²) >= 11 is 1.31. The van der Waals surface area contributed by atoms with Crippen molar-refractivity contribution in [2.75, 3.05) is 5.32 Å². The Labute approximate surface area is 198 Å². The number of fused-ring (bicyclic) bond motifs is 1. The second-order valence-corrected chi connectivity index (χ2v) is 8.21. The van der Waals surface area contributed by atoms with Crippen LogP contribution in [0.2, 0.25) is 0 Å². The van der Waals surface area contributed by atoms with Crippen LogP contribution in [0, 0.1) is 11.8 Å². The molecule has 0 saturated carbocycles. The van der Waals surface area contributed by atoms with Crippen LogP contribution < -0.4 is 10.9 Å². The Hall–Kier alpha value is -4.61. The number of thiazole rings is 1. The number of pyridine rings is 1. The Bertz CT molecular complexity index is 1570. The molecule has 2 aromatic carbocycles. The van der Waals surface area contributed by atoms with Crippen molar-refractivity contribution in [3.63, 3.8) is 0 Å². The van der Waals surface area contributed by atoms with E-state index in [1.54, 1.807) is 48.2 Å². The summed E-state index contributed by atoms with van der Waals surface area (Å²) in [7, 11) is 0. The number of nitrogens with zero attached hydrogens (tertiary/aromatic N) is 4. The van der Waals surface area contributed by atoms with Gasteiger partial charge in [0, 0.05) is 35.1 Å². The Balaban J connectivity index is 1.58. The number of hydrogen-bond acceptors (Lipinski definition) is 6. The number of aromatic nitrogens is 4. The van der Waals surface area contributed by atoms with Gasteiger partial charge in [-0.3, -0.25) is 24.5 Å². The van der Waals surface area contributed by atoms with Gasteiger partial charge in [0.25, 0.3) is 11.5 Å². The number of nitrogens with one attached hydrogen (secondary N) is 1. The third-order valence-corrected chi connectivity index (χ3v) is 5.79. The summed E-state index contributed by atoms with van der Waals surface area (Å²) in [5, 5.41) is 5.40. The summed E-state index contributed by atoms with van der Waals surface area (Å²) in [6.07, 6.45) is 6.37. The number of carbonyl (C=O) groups is 1. The minimum atomic E-state index is -0.917.